The number of amides is 2. The molecule has 0 radical (unpaired) electrons. The molecule has 0 aliphatic carbocycles. The van der Waals surface area contributed by atoms with Gasteiger partial charge in [0.2, 0.25) is 11.8 Å². The summed E-state index contributed by atoms with van der Waals surface area (Å²) in [6, 6.07) is 5.22. The van der Waals surface area contributed by atoms with Crippen LogP contribution in [0.15, 0.2) is 24.4 Å². The van der Waals surface area contributed by atoms with Gasteiger partial charge in [0.15, 0.2) is 0 Å². The molecule has 2 unspecified atom stereocenters. The van der Waals surface area contributed by atoms with Crippen LogP contribution < -0.4 is 10.6 Å². The predicted octanol–water partition coefficient (Wildman–Crippen LogP) is 0.773. The molecule has 0 aromatic carbocycles. The number of aromatic nitrogens is 1. The van der Waals surface area contributed by atoms with Crippen molar-refractivity contribution in [3.63, 3.8) is 0 Å². The molecule has 1 fully saturated rings. The molecule has 1 saturated heterocycles. The quantitative estimate of drug-likeness (QED) is 0.888. The molecule has 0 saturated carbocycles. The van der Waals surface area contributed by atoms with Crippen molar-refractivity contribution in [2.45, 2.75) is 38.3 Å². The van der Waals surface area contributed by atoms with E-state index in [0.717, 1.165) is 12.2 Å². The minimum absolute atomic E-state index is 0.0508. The first-order chi connectivity index (χ1) is 10.0. The summed E-state index contributed by atoms with van der Waals surface area (Å²) in [5.74, 6) is 0.474. The SMILES string of the molecule is CCC(=O)N(C)C1CCN(c2ccccn2)C(C(N)=O)C1. The molecular weight excluding hydrogens is 268 g/mol. The molecule has 2 rings (SSSR count). The molecule has 2 amide bonds. The van der Waals surface area contributed by atoms with E-state index < -0.39 is 6.04 Å². The van der Waals surface area contributed by atoms with E-state index in [1.165, 1.54) is 0 Å². The molecule has 2 heterocycles. The highest BCUT2D eigenvalue weighted by Gasteiger charge is 2.35. The van der Waals surface area contributed by atoms with Gasteiger partial charge in [0.25, 0.3) is 0 Å². The summed E-state index contributed by atoms with van der Waals surface area (Å²) in [5.41, 5.74) is 5.55. The summed E-state index contributed by atoms with van der Waals surface area (Å²) in [7, 11) is 1.80. The highest BCUT2D eigenvalue weighted by molar-refractivity contribution is 5.84. The van der Waals surface area contributed by atoms with Gasteiger partial charge in [-0.15, -0.1) is 0 Å². The van der Waals surface area contributed by atoms with Crippen LogP contribution >= 0.6 is 0 Å². The van der Waals surface area contributed by atoms with Crippen LogP contribution in [0.4, 0.5) is 5.82 Å². The zero-order chi connectivity index (χ0) is 15.4. The van der Waals surface area contributed by atoms with Gasteiger partial charge < -0.3 is 15.5 Å². The van der Waals surface area contributed by atoms with Crippen LogP contribution in [0.5, 0.6) is 0 Å². The molecule has 0 spiro atoms. The van der Waals surface area contributed by atoms with E-state index in [-0.39, 0.29) is 17.9 Å². The summed E-state index contributed by atoms with van der Waals surface area (Å²) in [6.07, 6.45) is 3.53. The van der Waals surface area contributed by atoms with Crippen LogP contribution in [0.3, 0.4) is 0 Å². The number of hydrogen-bond donors (Lipinski definition) is 1. The minimum atomic E-state index is -0.425. The van der Waals surface area contributed by atoms with Crippen LogP contribution in [0.2, 0.25) is 0 Å². The van der Waals surface area contributed by atoms with Gasteiger partial charge in [0.05, 0.1) is 0 Å². The number of anilines is 1. The zero-order valence-corrected chi connectivity index (χ0v) is 12.5. The summed E-state index contributed by atoms with van der Waals surface area (Å²) in [5, 5.41) is 0. The highest BCUT2D eigenvalue weighted by Crippen LogP contribution is 2.25. The van der Waals surface area contributed by atoms with Gasteiger partial charge in [0, 0.05) is 32.3 Å². The number of piperidine rings is 1. The summed E-state index contributed by atoms with van der Waals surface area (Å²) in [4.78, 5) is 31.6. The molecule has 21 heavy (non-hydrogen) atoms. The number of carbonyl (C=O) groups excluding carboxylic acids is 2. The fourth-order valence-electron chi connectivity index (χ4n) is 2.82. The third-order valence-corrected chi connectivity index (χ3v) is 4.09. The van der Waals surface area contributed by atoms with Crippen molar-refractivity contribution in [2.24, 2.45) is 5.73 Å². The van der Waals surface area contributed by atoms with Crippen molar-refractivity contribution in [3.8, 4) is 0 Å². The standard InChI is InChI=1S/C15H22N4O2/c1-3-14(20)18(2)11-7-9-19(12(10-11)15(16)21)13-6-4-5-8-17-13/h4-6,8,11-12H,3,7,9-10H2,1-2H3,(H2,16,21). The second-order valence-electron chi connectivity index (χ2n) is 5.34. The molecule has 2 atom stereocenters. The van der Waals surface area contributed by atoms with E-state index >= 15 is 0 Å². The number of primary amides is 1. The Morgan fingerprint density at radius 3 is 2.81 bits per heavy atom. The normalized spacial score (nSPS) is 21.9. The summed E-state index contributed by atoms with van der Waals surface area (Å²) in [6.45, 7) is 2.50. The second kappa shape index (κ2) is 6.56. The topological polar surface area (TPSA) is 79.5 Å². The monoisotopic (exact) mass is 290 g/mol. The van der Waals surface area contributed by atoms with Crippen molar-refractivity contribution >= 4 is 17.6 Å². The first kappa shape index (κ1) is 15.3. The first-order valence-corrected chi connectivity index (χ1v) is 7.27. The van der Waals surface area contributed by atoms with Gasteiger partial charge in [-0.1, -0.05) is 13.0 Å². The average molecular weight is 290 g/mol. The van der Waals surface area contributed by atoms with Crippen molar-refractivity contribution in [1.82, 2.24) is 9.88 Å². The summed E-state index contributed by atoms with van der Waals surface area (Å²) >= 11 is 0. The van der Waals surface area contributed by atoms with Gasteiger partial charge in [-0.2, -0.15) is 0 Å². The van der Waals surface area contributed by atoms with E-state index in [0.29, 0.717) is 19.4 Å². The Hall–Kier alpha value is -2.11. The molecule has 1 aromatic heterocycles. The smallest absolute Gasteiger partial charge is 0.240 e. The minimum Gasteiger partial charge on any atom is -0.368 e. The third kappa shape index (κ3) is 3.32. The van der Waals surface area contributed by atoms with E-state index in [2.05, 4.69) is 4.98 Å². The maximum Gasteiger partial charge on any atom is 0.240 e. The van der Waals surface area contributed by atoms with Crippen LogP contribution in [0.25, 0.3) is 0 Å². The first-order valence-electron chi connectivity index (χ1n) is 7.27. The lowest BCUT2D eigenvalue weighted by molar-refractivity contribution is -0.133. The molecule has 6 nitrogen and oxygen atoms in total. The number of pyridine rings is 1. The summed E-state index contributed by atoms with van der Waals surface area (Å²) < 4.78 is 0. The number of rotatable bonds is 4. The fraction of sp³-hybridized carbons (Fsp3) is 0.533. The maximum absolute atomic E-state index is 11.8. The molecule has 6 heteroatoms. The number of carbonyl (C=O) groups is 2. The van der Waals surface area contributed by atoms with Gasteiger partial charge in [0.1, 0.15) is 11.9 Å². The largest absolute Gasteiger partial charge is 0.368 e. The molecule has 1 aliphatic heterocycles. The highest BCUT2D eigenvalue weighted by atomic mass is 16.2. The molecule has 0 bridgehead atoms. The maximum atomic E-state index is 11.8. The lowest BCUT2D eigenvalue weighted by Gasteiger charge is -2.41. The third-order valence-electron chi connectivity index (χ3n) is 4.09. The number of nitrogens with two attached hydrogens (primary N) is 1. The van der Waals surface area contributed by atoms with Gasteiger partial charge >= 0.3 is 0 Å². The van der Waals surface area contributed by atoms with Crippen LogP contribution in [-0.4, -0.2) is 47.4 Å². The lowest BCUT2D eigenvalue weighted by atomic mass is 9.95. The van der Waals surface area contributed by atoms with Crippen molar-refractivity contribution in [2.75, 3.05) is 18.5 Å². The molecule has 114 valence electrons. The van der Waals surface area contributed by atoms with Gasteiger partial charge in [-0.25, -0.2) is 4.98 Å². The second-order valence-corrected chi connectivity index (χ2v) is 5.34. The van der Waals surface area contributed by atoms with Crippen molar-refractivity contribution < 1.29 is 9.59 Å². The Labute approximate surface area is 124 Å². The molecule has 2 N–H and O–H groups in total. The Balaban J connectivity index is 2.15. The zero-order valence-electron chi connectivity index (χ0n) is 12.5. The van der Waals surface area contributed by atoms with Crippen LogP contribution in [-0.2, 0) is 9.59 Å². The Morgan fingerprint density at radius 2 is 2.24 bits per heavy atom. The molecular formula is C15H22N4O2. The number of hydrogen-bond acceptors (Lipinski definition) is 4. The molecule has 1 aromatic rings. The lowest BCUT2D eigenvalue weighted by Crippen LogP contribution is -2.55. The molecule has 1 aliphatic rings. The van der Waals surface area contributed by atoms with Gasteiger partial charge in [-0.05, 0) is 25.0 Å². The number of nitrogens with zero attached hydrogens (tertiary/aromatic N) is 3. The van der Waals surface area contributed by atoms with E-state index in [1.54, 1.807) is 18.1 Å². The average Bonchev–Trinajstić information content (AvgIpc) is 2.53. The van der Waals surface area contributed by atoms with Crippen molar-refractivity contribution in [1.29, 1.82) is 0 Å². The van der Waals surface area contributed by atoms with Crippen LogP contribution in [0, 0.1) is 0 Å². The Morgan fingerprint density at radius 1 is 1.48 bits per heavy atom. The predicted molar refractivity (Wildman–Crippen MR) is 80.6 cm³/mol. The Bertz CT molecular complexity index is 506. The Kier molecular flexibility index (Phi) is 4.77. The van der Waals surface area contributed by atoms with Gasteiger partial charge in [-0.3, -0.25) is 9.59 Å². The van der Waals surface area contributed by atoms with Crippen molar-refractivity contribution in [3.05, 3.63) is 24.4 Å². The van der Waals surface area contributed by atoms with E-state index in [9.17, 15) is 9.59 Å². The fourth-order valence-corrected chi connectivity index (χ4v) is 2.82. The van der Waals surface area contributed by atoms with E-state index in [4.69, 9.17) is 5.73 Å². The van der Waals surface area contributed by atoms with E-state index in [1.807, 2.05) is 30.0 Å². The van der Waals surface area contributed by atoms with Crippen LogP contribution in [0.1, 0.15) is 26.2 Å².